The molecule has 1 aromatic carbocycles. The Morgan fingerprint density at radius 2 is 1.89 bits per heavy atom. The van der Waals surface area contributed by atoms with E-state index in [1.165, 1.54) is 32.1 Å². The third-order valence-electron chi connectivity index (χ3n) is 3.41. The van der Waals surface area contributed by atoms with Gasteiger partial charge >= 0.3 is 0 Å². The van der Waals surface area contributed by atoms with E-state index in [4.69, 9.17) is 10.5 Å². The van der Waals surface area contributed by atoms with Gasteiger partial charge in [0, 0.05) is 12.6 Å². The van der Waals surface area contributed by atoms with Crippen LogP contribution in [0, 0.1) is 0 Å². The largest absolute Gasteiger partial charge is 0.495 e. The molecule has 0 saturated heterocycles. The van der Waals surface area contributed by atoms with Gasteiger partial charge in [0.1, 0.15) is 5.75 Å². The third-order valence-corrected chi connectivity index (χ3v) is 3.41. The number of benzene rings is 1. The Kier molecular flexibility index (Phi) is 8.07. The molecule has 19 heavy (non-hydrogen) atoms. The lowest BCUT2D eigenvalue weighted by Gasteiger charge is -2.19. The van der Waals surface area contributed by atoms with Crippen LogP contribution in [0.5, 0.6) is 5.75 Å². The van der Waals surface area contributed by atoms with E-state index in [1.807, 2.05) is 24.3 Å². The lowest BCUT2D eigenvalue weighted by atomic mass is 10.1. The molecule has 108 valence electrons. The van der Waals surface area contributed by atoms with Gasteiger partial charge in [-0.25, -0.2) is 0 Å². The maximum Gasteiger partial charge on any atom is 0.141 e. The Balaban J connectivity index is 2.38. The van der Waals surface area contributed by atoms with Crippen molar-refractivity contribution in [3.05, 3.63) is 24.3 Å². The highest BCUT2D eigenvalue weighted by Crippen LogP contribution is 2.24. The zero-order valence-corrected chi connectivity index (χ0v) is 12.3. The maximum atomic E-state index is 5.85. The van der Waals surface area contributed by atoms with Gasteiger partial charge in [0.25, 0.3) is 0 Å². The molecular formula is C16H28N2O. The molecule has 1 unspecified atom stereocenters. The molecule has 0 bridgehead atoms. The van der Waals surface area contributed by atoms with Gasteiger partial charge in [0.05, 0.1) is 12.8 Å². The lowest BCUT2D eigenvalue weighted by Crippen LogP contribution is -2.28. The first-order valence-electron chi connectivity index (χ1n) is 7.41. The molecule has 0 aromatic heterocycles. The predicted octanol–water partition coefficient (Wildman–Crippen LogP) is 3.79. The van der Waals surface area contributed by atoms with Gasteiger partial charge in [-0.15, -0.1) is 0 Å². The van der Waals surface area contributed by atoms with Crippen molar-refractivity contribution in [3.63, 3.8) is 0 Å². The zero-order valence-electron chi connectivity index (χ0n) is 12.3. The van der Waals surface area contributed by atoms with E-state index < -0.39 is 0 Å². The number of hydrogen-bond donors (Lipinski definition) is 2. The number of nitrogens with two attached hydrogens (primary N) is 1. The zero-order chi connectivity index (χ0) is 13.9. The summed E-state index contributed by atoms with van der Waals surface area (Å²) in [7, 11) is 1.70. The third kappa shape index (κ3) is 5.97. The quantitative estimate of drug-likeness (QED) is 0.632. The fraction of sp³-hybridized carbons (Fsp3) is 0.625. The molecule has 3 nitrogen and oxygen atoms in total. The van der Waals surface area contributed by atoms with Gasteiger partial charge in [-0.3, -0.25) is 0 Å². The van der Waals surface area contributed by atoms with Crippen molar-refractivity contribution < 1.29 is 4.74 Å². The molecule has 0 aliphatic rings. The molecular weight excluding hydrogens is 236 g/mol. The standard InChI is InChI=1S/C16H28N2O/c1-3-4-5-6-7-10-14(13-17)18-15-11-8-9-12-16(15)19-2/h8-9,11-12,14,18H,3-7,10,13,17H2,1-2H3. The number of rotatable bonds is 10. The topological polar surface area (TPSA) is 47.3 Å². The van der Waals surface area contributed by atoms with Crippen molar-refractivity contribution in [1.82, 2.24) is 0 Å². The van der Waals surface area contributed by atoms with E-state index in [1.54, 1.807) is 7.11 Å². The molecule has 0 radical (unpaired) electrons. The number of para-hydroxylation sites is 2. The number of unbranched alkanes of at least 4 members (excludes halogenated alkanes) is 4. The average molecular weight is 264 g/mol. The molecule has 0 aliphatic carbocycles. The lowest BCUT2D eigenvalue weighted by molar-refractivity contribution is 0.415. The number of hydrogen-bond acceptors (Lipinski definition) is 3. The summed E-state index contributed by atoms with van der Waals surface area (Å²) in [4.78, 5) is 0. The average Bonchev–Trinajstić information content (AvgIpc) is 2.46. The van der Waals surface area contributed by atoms with Gasteiger partial charge in [-0.1, -0.05) is 51.2 Å². The van der Waals surface area contributed by atoms with E-state index >= 15 is 0 Å². The number of nitrogens with one attached hydrogen (secondary N) is 1. The number of methoxy groups -OCH3 is 1. The molecule has 0 aliphatic heterocycles. The van der Waals surface area contributed by atoms with E-state index in [9.17, 15) is 0 Å². The SMILES string of the molecule is CCCCCCCC(CN)Nc1ccccc1OC. The summed E-state index contributed by atoms with van der Waals surface area (Å²) in [5.41, 5.74) is 6.89. The Morgan fingerprint density at radius 1 is 1.16 bits per heavy atom. The second-order valence-corrected chi connectivity index (χ2v) is 4.98. The van der Waals surface area contributed by atoms with Crippen molar-refractivity contribution in [2.75, 3.05) is 19.0 Å². The molecule has 1 rings (SSSR count). The van der Waals surface area contributed by atoms with Crippen molar-refractivity contribution >= 4 is 5.69 Å². The summed E-state index contributed by atoms with van der Waals surface area (Å²) >= 11 is 0. The molecule has 1 aromatic rings. The normalized spacial score (nSPS) is 12.2. The number of anilines is 1. The molecule has 0 fully saturated rings. The molecule has 3 heteroatoms. The molecule has 0 saturated carbocycles. The molecule has 3 N–H and O–H groups in total. The predicted molar refractivity (Wildman–Crippen MR) is 82.8 cm³/mol. The van der Waals surface area contributed by atoms with Crippen molar-refractivity contribution in [2.24, 2.45) is 5.73 Å². The molecule has 0 heterocycles. The summed E-state index contributed by atoms with van der Waals surface area (Å²) < 4.78 is 5.34. The van der Waals surface area contributed by atoms with Crippen LogP contribution in [0.2, 0.25) is 0 Å². The van der Waals surface area contributed by atoms with Crippen molar-refractivity contribution in [2.45, 2.75) is 51.5 Å². The van der Waals surface area contributed by atoms with Gasteiger partial charge in [-0.2, -0.15) is 0 Å². The van der Waals surface area contributed by atoms with Crippen LogP contribution >= 0.6 is 0 Å². The summed E-state index contributed by atoms with van der Waals surface area (Å²) in [6.45, 7) is 2.90. The van der Waals surface area contributed by atoms with Crippen molar-refractivity contribution in [1.29, 1.82) is 0 Å². The highest BCUT2D eigenvalue weighted by atomic mass is 16.5. The Morgan fingerprint density at radius 3 is 2.58 bits per heavy atom. The van der Waals surface area contributed by atoms with Gasteiger partial charge in [0.15, 0.2) is 0 Å². The monoisotopic (exact) mass is 264 g/mol. The minimum absolute atomic E-state index is 0.331. The van der Waals surface area contributed by atoms with Gasteiger partial charge in [0.2, 0.25) is 0 Å². The van der Waals surface area contributed by atoms with Crippen LogP contribution in [0.4, 0.5) is 5.69 Å². The van der Waals surface area contributed by atoms with Gasteiger partial charge < -0.3 is 15.8 Å². The highest BCUT2D eigenvalue weighted by molar-refractivity contribution is 5.56. The second kappa shape index (κ2) is 9.68. The number of ether oxygens (including phenoxy) is 1. The molecule has 1 atom stereocenters. The summed E-state index contributed by atoms with van der Waals surface area (Å²) in [5.74, 6) is 0.881. The van der Waals surface area contributed by atoms with Crippen LogP contribution in [0.3, 0.4) is 0 Å². The minimum Gasteiger partial charge on any atom is -0.495 e. The molecule has 0 amide bonds. The fourth-order valence-electron chi connectivity index (χ4n) is 2.23. The van der Waals surface area contributed by atoms with Crippen LogP contribution in [0.15, 0.2) is 24.3 Å². The smallest absolute Gasteiger partial charge is 0.141 e. The first-order chi connectivity index (χ1) is 9.31. The highest BCUT2D eigenvalue weighted by Gasteiger charge is 2.09. The van der Waals surface area contributed by atoms with Crippen molar-refractivity contribution in [3.8, 4) is 5.75 Å². The van der Waals surface area contributed by atoms with Crippen LogP contribution in [0.25, 0.3) is 0 Å². The first-order valence-corrected chi connectivity index (χ1v) is 7.41. The summed E-state index contributed by atoms with van der Waals surface area (Å²) in [6.07, 6.45) is 7.63. The molecule has 0 spiro atoms. The summed E-state index contributed by atoms with van der Waals surface area (Å²) in [5, 5.41) is 3.49. The Labute approximate surface area is 117 Å². The van der Waals surface area contributed by atoms with E-state index in [-0.39, 0.29) is 0 Å². The van der Waals surface area contributed by atoms with Crippen LogP contribution < -0.4 is 15.8 Å². The fourth-order valence-corrected chi connectivity index (χ4v) is 2.23. The maximum absolute atomic E-state index is 5.85. The Hall–Kier alpha value is -1.22. The summed E-state index contributed by atoms with van der Waals surface area (Å²) in [6, 6.07) is 8.33. The van der Waals surface area contributed by atoms with E-state index in [2.05, 4.69) is 12.2 Å². The van der Waals surface area contributed by atoms with Gasteiger partial charge in [-0.05, 0) is 18.6 Å². The van der Waals surface area contributed by atoms with Crippen LogP contribution in [0.1, 0.15) is 45.4 Å². The Bertz CT molecular complexity index is 341. The second-order valence-electron chi connectivity index (χ2n) is 4.98. The van der Waals surface area contributed by atoms with E-state index in [0.717, 1.165) is 17.9 Å². The van der Waals surface area contributed by atoms with Crippen LogP contribution in [-0.2, 0) is 0 Å². The van der Waals surface area contributed by atoms with E-state index in [0.29, 0.717) is 12.6 Å². The first kappa shape index (κ1) is 15.8. The minimum atomic E-state index is 0.331. The van der Waals surface area contributed by atoms with Crippen LogP contribution in [-0.4, -0.2) is 19.7 Å².